The summed E-state index contributed by atoms with van der Waals surface area (Å²) in [6, 6.07) is 19.5. The van der Waals surface area contributed by atoms with Crippen LogP contribution in [0, 0.1) is 0 Å². The lowest BCUT2D eigenvalue weighted by atomic mass is 9.99. The van der Waals surface area contributed by atoms with E-state index in [1.165, 1.54) is 16.8 Å². The molecule has 1 fully saturated rings. The third kappa shape index (κ3) is 3.45. The fourth-order valence-electron chi connectivity index (χ4n) is 3.40. The molecule has 1 heterocycles. The molecule has 3 rings (SSSR count). The highest BCUT2D eigenvalue weighted by molar-refractivity contribution is 5.73. The summed E-state index contributed by atoms with van der Waals surface area (Å²) in [5.74, 6) is 0.671. The number of carbonyl (C=O) groups is 1. The summed E-state index contributed by atoms with van der Waals surface area (Å²) in [7, 11) is 0. The van der Waals surface area contributed by atoms with E-state index in [0.29, 0.717) is 5.92 Å². The number of benzene rings is 2. The number of carbonyl (C=O) groups excluding carboxylic acids is 1. The molecule has 126 valence electrons. The van der Waals surface area contributed by atoms with Gasteiger partial charge in [-0.25, -0.2) is 0 Å². The lowest BCUT2D eigenvalue weighted by Gasteiger charge is -2.43. The molecule has 1 unspecified atom stereocenters. The zero-order valence-corrected chi connectivity index (χ0v) is 14.8. The summed E-state index contributed by atoms with van der Waals surface area (Å²) in [5.41, 5.74) is 3.87. The number of rotatable bonds is 3. The summed E-state index contributed by atoms with van der Waals surface area (Å²) < 4.78 is 0. The largest absolute Gasteiger partial charge is 0.361 e. The van der Waals surface area contributed by atoms with Crippen LogP contribution >= 0.6 is 0 Å². The number of anilines is 1. The quantitative estimate of drug-likeness (QED) is 0.845. The van der Waals surface area contributed by atoms with Crippen LogP contribution in [0.3, 0.4) is 0 Å². The fraction of sp³-hybridized carbons (Fsp3) is 0.381. The van der Waals surface area contributed by atoms with Crippen LogP contribution in [0.4, 0.5) is 5.69 Å². The van der Waals surface area contributed by atoms with Gasteiger partial charge in [-0.05, 0) is 29.2 Å². The van der Waals surface area contributed by atoms with Gasteiger partial charge in [-0.3, -0.25) is 4.79 Å². The van der Waals surface area contributed by atoms with Crippen molar-refractivity contribution in [2.75, 3.05) is 24.5 Å². The van der Waals surface area contributed by atoms with Gasteiger partial charge in [0, 0.05) is 32.2 Å². The molecule has 1 amide bonds. The first kappa shape index (κ1) is 16.6. The standard InChI is InChI=1S/C21H26N2O/c1-16(2)19-10-7-11-20(14-19)23-13-12-22(17(3)24)15-21(23)18-8-5-4-6-9-18/h4-11,14,16,21H,12-13,15H2,1-3H3. The van der Waals surface area contributed by atoms with Gasteiger partial charge in [-0.15, -0.1) is 0 Å². The lowest BCUT2D eigenvalue weighted by Crippen LogP contribution is -2.50. The van der Waals surface area contributed by atoms with Crippen molar-refractivity contribution < 1.29 is 4.79 Å². The van der Waals surface area contributed by atoms with Gasteiger partial charge in [0.15, 0.2) is 0 Å². The fourth-order valence-corrected chi connectivity index (χ4v) is 3.40. The Hall–Kier alpha value is -2.29. The molecule has 0 saturated carbocycles. The maximum Gasteiger partial charge on any atom is 0.219 e. The molecule has 0 aromatic heterocycles. The zero-order chi connectivity index (χ0) is 17.1. The number of amides is 1. The summed E-state index contributed by atoms with van der Waals surface area (Å²) in [6.45, 7) is 8.50. The third-order valence-corrected chi connectivity index (χ3v) is 4.88. The maximum absolute atomic E-state index is 11.9. The lowest BCUT2D eigenvalue weighted by molar-refractivity contribution is -0.129. The molecule has 0 bridgehead atoms. The van der Waals surface area contributed by atoms with E-state index in [1.807, 2.05) is 11.0 Å². The Labute approximate surface area is 144 Å². The molecule has 1 atom stereocenters. The van der Waals surface area contributed by atoms with Crippen molar-refractivity contribution in [3.8, 4) is 0 Å². The predicted octanol–water partition coefficient (Wildman–Crippen LogP) is 4.22. The molecule has 3 nitrogen and oxygen atoms in total. The van der Waals surface area contributed by atoms with Gasteiger partial charge >= 0.3 is 0 Å². The summed E-state index contributed by atoms with van der Waals surface area (Å²) >= 11 is 0. The van der Waals surface area contributed by atoms with E-state index in [9.17, 15) is 4.79 Å². The third-order valence-electron chi connectivity index (χ3n) is 4.88. The Morgan fingerprint density at radius 2 is 1.79 bits per heavy atom. The Morgan fingerprint density at radius 3 is 2.46 bits per heavy atom. The first-order valence-electron chi connectivity index (χ1n) is 8.73. The van der Waals surface area contributed by atoms with Crippen molar-refractivity contribution in [2.45, 2.75) is 32.7 Å². The summed E-state index contributed by atoms with van der Waals surface area (Å²) in [6.07, 6.45) is 0. The minimum absolute atomic E-state index is 0.159. The molecule has 24 heavy (non-hydrogen) atoms. The molecule has 1 aliphatic heterocycles. The molecule has 0 spiro atoms. The van der Waals surface area contributed by atoms with Crippen LogP contribution in [0.1, 0.15) is 43.9 Å². The number of hydrogen-bond acceptors (Lipinski definition) is 2. The van der Waals surface area contributed by atoms with Crippen LogP contribution in [0.15, 0.2) is 54.6 Å². The van der Waals surface area contributed by atoms with E-state index in [4.69, 9.17) is 0 Å². The van der Waals surface area contributed by atoms with Gasteiger partial charge in [-0.1, -0.05) is 56.3 Å². The molecular weight excluding hydrogens is 296 g/mol. The second kappa shape index (κ2) is 7.08. The molecule has 3 heteroatoms. The highest BCUT2D eigenvalue weighted by Crippen LogP contribution is 2.32. The number of nitrogens with zero attached hydrogens (tertiary/aromatic N) is 2. The topological polar surface area (TPSA) is 23.6 Å². The molecule has 0 radical (unpaired) electrons. The molecule has 0 N–H and O–H groups in total. The monoisotopic (exact) mass is 322 g/mol. The smallest absolute Gasteiger partial charge is 0.219 e. The van der Waals surface area contributed by atoms with E-state index < -0.39 is 0 Å². The minimum atomic E-state index is 0.159. The van der Waals surface area contributed by atoms with E-state index in [1.54, 1.807) is 6.92 Å². The van der Waals surface area contributed by atoms with Crippen molar-refractivity contribution >= 4 is 11.6 Å². The summed E-state index contributed by atoms with van der Waals surface area (Å²) in [4.78, 5) is 16.3. The van der Waals surface area contributed by atoms with Gasteiger partial charge in [0.2, 0.25) is 5.91 Å². The van der Waals surface area contributed by atoms with Gasteiger partial charge in [0.05, 0.1) is 6.04 Å². The second-order valence-corrected chi connectivity index (χ2v) is 6.83. The average molecular weight is 322 g/mol. The van der Waals surface area contributed by atoms with Crippen LogP contribution in [-0.4, -0.2) is 30.4 Å². The van der Waals surface area contributed by atoms with E-state index in [0.717, 1.165) is 19.6 Å². The Balaban J connectivity index is 1.95. The average Bonchev–Trinajstić information content (AvgIpc) is 2.62. The van der Waals surface area contributed by atoms with Crippen LogP contribution in [0.5, 0.6) is 0 Å². The normalized spacial score (nSPS) is 18.1. The van der Waals surface area contributed by atoms with Crippen molar-refractivity contribution in [3.05, 3.63) is 65.7 Å². The van der Waals surface area contributed by atoms with Gasteiger partial charge in [0.1, 0.15) is 0 Å². The molecule has 1 aliphatic rings. The van der Waals surface area contributed by atoms with E-state index in [-0.39, 0.29) is 11.9 Å². The van der Waals surface area contributed by atoms with Gasteiger partial charge < -0.3 is 9.80 Å². The zero-order valence-electron chi connectivity index (χ0n) is 14.8. The van der Waals surface area contributed by atoms with Crippen molar-refractivity contribution in [1.82, 2.24) is 4.90 Å². The van der Waals surface area contributed by atoms with Crippen molar-refractivity contribution in [2.24, 2.45) is 0 Å². The van der Waals surface area contributed by atoms with E-state index in [2.05, 4.69) is 67.3 Å². The molecule has 2 aromatic rings. The van der Waals surface area contributed by atoms with Gasteiger partial charge in [-0.2, -0.15) is 0 Å². The van der Waals surface area contributed by atoms with Crippen molar-refractivity contribution in [1.29, 1.82) is 0 Å². The van der Waals surface area contributed by atoms with E-state index >= 15 is 0 Å². The molecule has 0 aliphatic carbocycles. The van der Waals surface area contributed by atoms with Crippen LogP contribution in [0.2, 0.25) is 0 Å². The Kier molecular flexibility index (Phi) is 4.89. The highest BCUT2D eigenvalue weighted by Gasteiger charge is 2.29. The highest BCUT2D eigenvalue weighted by atomic mass is 16.2. The number of hydrogen-bond donors (Lipinski definition) is 0. The second-order valence-electron chi connectivity index (χ2n) is 6.83. The first-order valence-corrected chi connectivity index (χ1v) is 8.73. The van der Waals surface area contributed by atoms with Crippen LogP contribution in [0.25, 0.3) is 0 Å². The SMILES string of the molecule is CC(=O)N1CCN(c2cccc(C(C)C)c2)C(c2ccccc2)C1. The first-order chi connectivity index (χ1) is 11.6. The molecular formula is C21H26N2O. The summed E-state index contributed by atoms with van der Waals surface area (Å²) in [5, 5.41) is 0. The predicted molar refractivity (Wildman–Crippen MR) is 99.3 cm³/mol. The Morgan fingerprint density at radius 1 is 1.04 bits per heavy atom. The van der Waals surface area contributed by atoms with Crippen LogP contribution in [-0.2, 0) is 4.79 Å². The van der Waals surface area contributed by atoms with Crippen LogP contribution < -0.4 is 4.90 Å². The Bertz CT molecular complexity index is 696. The minimum Gasteiger partial charge on any atom is -0.361 e. The van der Waals surface area contributed by atoms with Crippen molar-refractivity contribution in [3.63, 3.8) is 0 Å². The van der Waals surface area contributed by atoms with Gasteiger partial charge in [0.25, 0.3) is 0 Å². The molecule has 1 saturated heterocycles. The number of piperazine rings is 1. The maximum atomic E-state index is 11.9. The molecule has 2 aromatic carbocycles.